The van der Waals surface area contributed by atoms with Crippen LogP contribution >= 0.6 is 0 Å². The SMILES string of the molecule is Cc1ccc2c(c1)NC(=O)C(C)(C(=O)NC1CN3CCC1CC3)O2. The molecule has 0 saturated carbocycles. The summed E-state index contributed by atoms with van der Waals surface area (Å²) in [4.78, 5) is 27.7. The van der Waals surface area contributed by atoms with Gasteiger partial charge in [-0.1, -0.05) is 6.07 Å². The zero-order valence-electron chi connectivity index (χ0n) is 14.1. The van der Waals surface area contributed by atoms with E-state index in [2.05, 4.69) is 15.5 Å². The van der Waals surface area contributed by atoms with Crippen LogP contribution in [0.1, 0.15) is 25.3 Å². The lowest BCUT2D eigenvalue weighted by Crippen LogP contribution is -2.64. The van der Waals surface area contributed by atoms with E-state index in [0.717, 1.165) is 38.0 Å². The monoisotopic (exact) mass is 329 g/mol. The standard InChI is InChI=1S/C18H23N3O3/c1-11-3-4-15-13(9-11)19-16(22)18(2,24-15)17(23)20-14-10-21-7-5-12(14)6-8-21/h3-4,9,12,14H,5-8,10H2,1-2H3,(H,19,22)(H,20,23). The van der Waals surface area contributed by atoms with Crippen molar-refractivity contribution in [1.82, 2.24) is 10.2 Å². The minimum atomic E-state index is -1.53. The summed E-state index contributed by atoms with van der Waals surface area (Å²) < 4.78 is 5.83. The van der Waals surface area contributed by atoms with Gasteiger partial charge in [0.15, 0.2) is 0 Å². The fraction of sp³-hybridized carbons (Fsp3) is 0.556. The van der Waals surface area contributed by atoms with Crippen molar-refractivity contribution in [3.63, 3.8) is 0 Å². The summed E-state index contributed by atoms with van der Waals surface area (Å²) in [6.07, 6.45) is 2.22. The Hall–Kier alpha value is -2.08. The third-order valence-electron chi connectivity index (χ3n) is 5.54. The number of carbonyl (C=O) groups is 2. The summed E-state index contributed by atoms with van der Waals surface area (Å²) in [5, 5.41) is 5.87. The number of nitrogens with zero attached hydrogens (tertiary/aromatic N) is 1. The summed E-state index contributed by atoms with van der Waals surface area (Å²) in [7, 11) is 0. The first-order chi connectivity index (χ1) is 11.5. The zero-order valence-corrected chi connectivity index (χ0v) is 14.1. The largest absolute Gasteiger partial charge is 0.466 e. The summed E-state index contributed by atoms with van der Waals surface area (Å²) >= 11 is 0. The first-order valence-corrected chi connectivity index (χ1v) is 8.60. The van der Waals surface area contributed by atoms with Gasteiger partial charge in [0.05, 0.1) is 5.69 Å². The third kappa shape index (κ3) is 2.45. The average molecular weight is 329 g/mol. The Balaban J connectivity index is 1.53. The highest BCUT2D eigenvalue weighted by molar-refractivity contribution is 6.15. The van der Waals surface area contributed by atoms with Crippen molar-refractivity contribution >= 4 is 17.5 Å². The van der Waals surface area contributed by atoms with Crippen LogP contribution in [-0.2, 0) is 9.59 Å². The van der Waals surface area contributed by atoms with Crippen molar-refractivity contribution in [2.75, 3.05) is 25.0 Å². The van der Waals surface area contributed by atoms with Crippen LogP contribution in [0, 0.1) is 12.8 Å². The molecule has 3 fully saturated rings. The Morgan fingerprint density at radius 2 is 2.12 bits per heavy atom. The number of hydrogen-bond donors (Lipinski definition) is 2. The molecule has 2 N–H and O–H groups in total. The fourth-order valence-electron chi connectivity index (χ4n) is 3.92. The molecule has 1 aromatic carbocycles. The number of rotatable bonds is 2. The molecule has 2 atom stereocenters. The molecular weight excluding hydrogens is 306 g/mol. The van der Waals surface area contributed by atoms with Gasteiger partial charge in [-0.05, 0) is 63.4 Å². The number of amides is 2. The Kier molecular flexibility index (Phi) is 3.53. The van der Waals surface area contributed by atoms with E-state index < -0.39 is 11.5 Å². The second-order valence-corrected chi connectivity index (χ2v) is 7.31. The molecule has 0 spiro atoms. The summed E-state index contributed by atoms with van der Waals surface area (Å²) in [6.45, 7) is 6.57. The zero-order chi connectivity index (χ0) is 16.9. The number of anilines is 1. The topological polar surface area (TPSA) is 70.7 Å². The van der Waals surface area contributed by atoms with E-state index in [1.165, 1.54) is 0 Å². The third-order valence-corrected chi connectivity index (χ3v) is 5.54. The van der Waals surface area contributed by atoms with E-state index in [4.69, 9.17) is 4.74 Å². The Labute approximate surface area is 141 Å². The smallest absolute Gasteiger partial charge is 0.278 e. The van der Waals surface area contributed by atoms with Crippen LogP contribution in [0.25, 0.3) is 0 Å². The van der Waals surface area contributed by atoms with Gasteiger partial charge in [0.25, 0.3) is 17.4 Å². The molecule has 1 aromatic rings. The van der Waals surface area contributed by atoms with Crippen LogP contribution < -0.4 is 15.4 Å². The highest BCUT2D eigenvalue weighted by Gasteiger charge is 2.49. The first-order valence-electron chi connectivity index (χ1n) is 8.60. The predicted molar refractivity (Wildman–Crippen MR) is 89.9 cm³/mol. The quantitative estimate of drug-likeness (QED) is 0.802. The molecule has 128 valence electrons. The lowest BCUT2D eigenvalue weighted by atomic mass is 9.83. The van der Waals surface area contributed by atoms with Gasteiger partial charge in [-0.25, -0.2) is 0 Å². The Bertz CT molecular complexity index is 697. The van der Waals surface area contributed by atoms with Crippen molar-refractivity contribution < 1.29 is 14.3 Å². The maximum absolute atomic E-state index is 12.8. The second-order valence-electron chi connectivity index (χ2n) is 7.31. The number of hydrogen-bond acceptors (Lipinski definition) is 4. The molecule has 2 unspecified atom stereocenters. The summed E-state index contributed by atoms with van der Waals surface area (Å²) in [5.41, 5.74) is 0.111. The average Bonchev–Trinajstić information content (AvgIpc) is 2.57. The Morgan fingerprint density at radius 1 is 1.38 bits per heavy atom. The van der Waals surface area contributed by atoms with Crippen LogP contribution in [0.5, 0.6) is 5.75 Å². The predicted octanol–water partition coefficient (Wildman–Crippen LogP) is 1.30. The summed E-state index contributed by atoms with van der Waals surface area (Å²) in [5.74, 6) is 0.264. The van der Waals surface area contributed by atoms with Gasteiger partial charge in [0.2, 0.25) is 0 Å². The number of nitrogens with one attached hydrogen (secondary N) is 2. The van der Waals surface area contributed by atoms with Crippen LogP contribution in [0.4, 0.5) is 5.69 Å². The van der Waals surface area contributed by atoms with Gasteiger partial charge < -0.3 is 20.3 Å². The molecule has 4 aliphatic rings. The lowest BCUT2D eigenvalue weighted by molar-refractivity contribution is -0.148. The number of aryl methyl sites for hydroxylation is 1. The van der Waals surface area contributed by atoms with E-state index in [9.17, 15) is 9.59 Å². The van der Waals surface area contributed by atoms with Gasteiger partial charge in [0, 0.05) is 12.6 Å². The van der Waals surface area contributed by atoms with Gasteiger partial charge in [-0.3, -0.25) is 9.59 Å². The van der Waals surface area contributed by atoms with Gasteiger partial charge in [-0.15, -0.1) is 0 Å². The number of carbonyl (C=O) groups excluding carboxylic acids is 2. The van der Waals surface area contributed by atoms with Crippen molar-refractivity contribution in [2.45, 2.75) is 38.3 Å². The first kappa shape index (κ1) is 15.4. The molecule has 6 nitrogen and oxygen atoms in total. The minimum Gasteiger partial charge on any atom is -0.466 e. The molecule has 2 bridgehead atoms. The van der Waals surface area contributed by atoms with Crippen molar-refractivity contribution in [2.24, 2.45) is 5.92 Å². The maximum Gasteiger partial charge on any atom is 0.278 e. The number of piperidine rings is 3. The molecule has 4 aliphatic heterocycles. The molecule has 0 radical (unpaired) electrons. The van der Waals surface area contributed by atoms with Gasteiger partial charge >= 0.3 is 0 Å². The molecule has 0 aliphatic carbocycles. The minimum absolute atomic E-state index is 0.104. The number of fused-ring (bicyclic) bond motifs is 4. The highest BCUT2D eigenvalue weighted by Crippen LogP contribution is 2.35. The van der Waals surface area contributed by atoms with E-state index in [-0.39, 0.29) is 11.9 Å². The van der Waals surface area contributed by atoms with Crippen molar-refractivity contribution in [3.05, 3.63) is 23.8 Å². The van der Waals surface area contributed by atoms with E-state index in [1.54, 1.807) is 13.0 Å². The van der Waals surface area contributed by atoms with Crippen LogP contribution in [0.2, 0.25) is 0 Å². The van der Waals surface area contributed by atoms with Crippen molar-refractivity contribution in [1.29, 1.82) is 0 Å². The number of ether oxygens (including phenoxy) is 1. The summed E-state index contributed by atoms with van der Waals surface area (Å²) in [6, 6.07) is 5.65. The molecule has 3 saturated heterocycles. The van der Waals surface area contributed by atoms with Crippen LogP contribution in [0.3, 0.4) is 0 Å². The van der Waals surface area contributed by atoms with E-state index >= 15 is 0 Å². The Morgan fingerprint density at radius 3 is 2.79 bits per heavy atom. The molecular formula is C18H23N3O3. The van der Waals surface area contributed by atoms with Gasteiger partial charge in [0.1, 0.15) is 5.75 Å². The van der Waals surface area contributed by atoms with Crippen molar-refractivity contribution in [3.8, 4) is 5.75 Å². The molecule has 0 aromatic heterocycles. The normalized spacial score (nSPS) is 34.1. The second kappa shape index (κ2) is 5.48. The highest BCUT2D eigenvalue weighted by atomic mass is 16.5. The maximum atomic E-state index is 12.8. The molecule has 24 heavy (non-hydrogen) atoms. The lowest BCUT2D eigenvalue weighted by Gasteiger charge is -2.45. The molecule has 4 heterocycles. The van der Waals surface area contributed by atoms with E-state index in [1.807, 2.05) is 19.1 Å². The number of benzene rings is 1. The van der Waals surface area contributed by atoms with Gasteiger partial charge in [-0.2, -0.15) is 0 Å². The van der Waals surface area contributed by atoms with E-state index in [0.29, 0.717) is 17.4 Å². The molecule has 5 rings (SSSR count). The molecule has 6 heteroatoms. The van der Waals surface area contributed by atoms with Crippen LogP contribution in [-0.4, -0.2) is 48.0 Å². The molecule has 2 amide bonds. The fourth-order valence-corrected chi connectivity index (χ4v) is 3.92. The van der Waals surface area contributed by atoms with Crippen LogP contribution in [0.15, 0.2) is 18.2 Å².